The van der Waals surface area contributed by atoms with E-state index < -0.39 is 61.5 Å². The van der Waals surface area contributed by atoms with Crippen LogP contribution in [0.4, 0.5) is 54.9 Å². The first-order valence-corrected chi connectivity index (χ1v) is 25.7. The van der Waals surface area contributed by atoms with Crippen molar-refractivity contribution in [1.82, 2.24) is 59.8 Å². The number of hydrogen-bond acceptors (Lipinski definition) is 15. The molecule has 7 heterocycles. The van der Waals surface area contributed by atoms with Gasteiger partial charge in [0, 0.05) is 66.1 Å². The van der Waals surface area contributed by atoms with E-state index in [1.165, 1.54) is 21.2 Å². The number of ether oxygens (including phenoxy) is 4. The summed E-state index contributed by atoms with van der Waals surface area (Å²) in [5, 5.41) is 37.6. The highest BCUT2D eigenvalue weighted by molar-refractivity contribution is 5.94. The average Bonchev–Trinajstić information content (AvgIpc) is 4.23. The zero-order valence-electron chi connectivity index (χ0n) is 41.1. The van der Waals surface area contributed by atoms with Crippen LogP contribution in [-0.2, 0) is 32.1 Å². The number of nitrogens with zero attached hydrogens (tertiary/aromatic N) is 10. The van der Waals surface area contributed by atoms with Crippen molar-refractivity contribution in [2.24, 2.45) is 11.8 Å². The number of carbonyl (C=O) groups excluding carboxylic acids is 3. The predicted octanol–water partition coefficient (Wildman–Crippen LogP) is 5.75. The van der Waals surface area contributed by atoms with Crippen LogP contribution in [0.2, 0.25) is 0 Å². The van der Waals surface area contributed by atoms with E-state index in [4.69, 9.17) is 19.2 Å². The lowest BCUT2D eigenvalue weighted by Gasteiger charge is -2.61. The van der Waals surface area contributed by atoms with Crippen molar-refractivity contribution in [2.45, 2.75) is 131 Å². The predicted molar refractivity (Wildman–Crippen MR) is 254 cm³/mol. The number of carbonyl (C=O) groups is 3. The molecule has 3 amide bonds. The molecule has 9 aliphatic rings. The van der Waals surface area contributed by atoms with Crippen LogP contribution in [0.3, 0.4) is 0 Å². The van der Waals surface area contributed by atoms with Gasteiger partial charge in [-0.05, 0) is 76.0 Å². The molecule has 77 heavy (non-hydrogen) atoms. The molecule has 0 unspecified atom stereocenters. The molecule has 6 aromatic heterocycles. The molecule has 6 atom stereocenters. The summed E-state index contributed by atoms with van der Waals surface area (Å²) in [7, 11) is 0. The molecule has 0 aromatic carbocycles. The Labute approximate surface area is 433 Å². The molecule has 8 aliphatic carbocycles. The minimum atomic E-state index is -4.93. The quantitative estimate of drug-likeness (QED) is 0.0528. The molecular formula is C49H52F5N16O7+. The summed E-state index contributed by atoms with van der Waals surface area (Å²) in [6.45, 7) is 0.443. The lowest BCUT2D eigenvalue weighted by Crippen LogP contribution is -2.68. The highest BCUT2D eigenvalue weighted by Crippen LogP contribution is 2.58. The van der Waals surface area contributed by atoms with Crippen molar-refractivity contribution in [1.29, 1.82) is 5.26 Å². The Morgan fingerprint density at radius 2 is 1.60 bits per heavy atom. The number of nitriles is 1. The number of imidazole rings is 1. The van der Waals surface area contributed by atoms with Crippen molar-refractivity contribution in [2.75, 3.05) is 36.9 Å². The molecule has 15 rings (SSSR count). The summed E-state index contributed by atoms with van der Waals surface area (Å²) in [5.74, 6) is 0.481. The van der Waals surface area contributed by atoms with E-state index in [-0.39, 0.29) is 82.5 Å². The molecule has 6 N–H and O–H groups in total. The maximum Gasteiger partial charge on any atom is 0.522 e. The fraction of sp³-hybridized carbons (Fsp3) is 0.551. The first kappa shape index (κ1) is 48.9. The zero-order valence-corrected chi connectivity index (χ0v) is 41.1. The first-order chi connectivity index (χ1) is 37.0. The van der Waals surface area contributed by atoms with Crippen molar-refractivity contribution >= 4 is 52.7 Å². The number of nitrogens with one attached hydrogen (secondary N) is 6. The Kier molecular flexibility index (Phi) is 11.8. The number of aromatic nitrogens is 10. The zero-order chi connectivity index (χ0) is 53.0. The number of morpholine rings is 1. The van der Waals surface area contributed by atoms with Crippen molar-refractivity contribution in [3.63, 3.8) is 0 Å². The highest BCUT2D eigenvalue weighted by Gasteiger charge is 2.59. The van der Waals surface area contributed by atoms with Crippen LogP contribution in [0.15, 0.2) is 36.7 Å². The van der Waals surface area contributed by atoms with E-state index in [0.717, 1.165) is 38.5 Å². The maximum atomic E-state index is 16.0. The van der Waals surface area contributed by atoms with Gasteiger partial charge in [0.25, 0.3) is 5.91 Å². The first-order valence-electron chi connectivity index (χ1n) is 25.7. The molecule has 1 aliphatic heterocycles. The van der Waals surface area contributed by atoms with Gasteiger partial charge in [-0.3, -0.25) is 14.6 Å². The van der Waals surface area contributed by atoms with Gasteiger partial charge in [0.2, 0.25) is 0 Å². The number of H-pyrrole nitrogens is 2. The number of rotatable bonds is 15. The molecule has 6 aromatic rings. The second-order valence-electron chi connectivity index (χ2n) is 21.7. The molecule has 0 radical (unpaired) electrons. The normalized spacial score (nSPS) is 29.0. The molecule has 0 spiro atoms. The number of alkyl halides is 5. The Balaban J connectivity index is 0.809. The average molecular weight is 1070 g/mol. The number of aromatic amines is 2. The third-order valence-corrected chi connectivity index (χ3v) is 16.4. The fourth-order valence-electron chi connectivity index (χ4n) is 12.3. The monoisotopic (exact) mass is 1070 g/mol. The smallest absolute Gasteiger partial charge is 0.443 e. The van der Waals surface area contributed by atoms with Gasteiger partial charge in [-0.15, -0.1) is 13.2 Å². The van der Waals surface area contributed by atoms with Gasteiger partial charge >= 0.3 is 30.3 Å². The number of fused-ring (bicyclic) bond motifs is 2. The molecule has 404 valence electrons. The van der Waals surface area contributed by atoms with Crippen LogP contribution in [0, 0.1) is 23.2 Å². The Morgan fingerprint density at radius 1 is 0.870 bits per heavy atom. The van der Waals surface area contributed by atoms with Gasteiger partial charge in [-0.25, -0.2) is 47.7 Å². The summed E-state index contributed by atoms with van der Waals surface area (Å²) >= 11 is 0. The third kappa shape index (κ3) is 9.45. The summed E-state index contributed by atoms with van der Waals surface area (Å²) in [6.07, 6.45) is -2.05. The maximum absolute atomic E-state index is 16.0. The summed E-state index contributed by atoms with van der Waals surface area (Å²) in [4.78, 5) is 54.8. The van der Waals surface area contributed by atoms with Crippen LogP contribution in [0.25, 0.3) is 11.2 Å². The second-order valence-corrected chi connectivity index (χ2v) is 21.7. The molecule has 1 saturated heterocycles. The SMILES string of the molecule is N#Cc1cc2nc(COC(F)(F)F)cn2c(Nc2cc([C@H]3C[C@@H](F)[C@@H](OC(=O)NC45CC(C4)C5)C3)[nH][n+]2Cc2cn3nc(C(=O)N4CCOCC4)cc3c(Nc3cc([C@H]4CC[C@@H](OC(=O)NC56CC(C5)C6)[C@@H]4F)[nH]n3)n2)n1. The standard InChI is InChI=1S/C49H51F5N16O7/c50-31-7-26(8-37(31)77-46(73)62-48-16-25(17-48)18-48)32-12-40(60-44-58-27(19-55)9-39-56-29(20-68(39)44)23-75-49(52,53)54)70(65-32)22-28-21-69-35(10-34(66-69)43(71)67-3-5-74-6-4-67)42(57-28)59-38-11-33(63-64-38)30-1-2-36(41(30)51)76-45(72)61-47-13-24(14-47)15-47/h9-12,20-21,24-26,30-31,36-37,41H,1-8,13-18,22-23H2,(H5,56,57,58,59,60,61,62,63,64,65,66,71,72,73)/p+1/t24?,25?,26-,30+,31+,36+,37-,41+,47?,48?/m0/s1. The lowest BCUT2D eigenvalue weighted by atomic mass is 9.50. The van der Waals surface area contributed by atoms with Crippen LogP contribution in [0.1, 0.15) is 115 Å². The summed E-state index contributed by atoms with van der Waals surface area (Å²) in [5.41, 5.74) is 1.21. The van der Waals surface area contributed by atoms with E-state index in [2.05, 4.69) is 56.4 Å². The van der Waals surface area contributed by atoms with E-state index in [1.807, 2.05) is 6.07 Å². The highest BCUT2D eigenvalue weighted by atomic mass is 19.4. The number of alkyl carbamates (subject to hydrolysis) is 2. The molecule has 23 nitrogen and oxygen atoms in total. The number of amides is 3. The van der Waals surface area contributed by atoms with E-state index in [1.54, 1.807) is 34.0 Å². The molecule has 4 bridgehead atoms. The van der Waals surface area contributed by atoms with Crippen LogP contribution < -0.4 is 25.9 Å². The van der Waals surface area contributed by atoms with Gasteiger partial charge in [0.05, 0.1) is 43.5 Å². The minimum Gasteiger partial charge on any atom is -0.443 e. The van der Waals surface area contributed by atoms with Crippen LogP contribution >= 0.6 is 0 Å². The number of hydrogen-bond donors (Lipinski definition) is 6. The van der Waals surface area contributed by atoms with Gasteiger partial charge in [0.1, 0.15) is 53.2 Å². The van der Waals surface area contributed by atoms with Crippen molar-refractivity contribution in [3.8, 4) is 6.07 Å². The lowest BCUT2D eigenvalue weighted by molar-refractivity contribution is -0.730. The topological polar surface area (TPSA) is 272 Å². The fourth-order valence-corrected chi connectivity index (χ4v) is 12.3. The van der Waals surface area contributed by atoms with E-state index in [0.29, 0.717) is 73.6 Å². The molecule has 8 saturated carbocycles. The molecule has 9 fully saturated rings. The Hall–Kier alpha value is -7.67. The summed E-state index contributed by atoms with van der Waals surface area (Å²) < 4.78 is 96.3. The van der Waals surface area contributed by atoms with Crippen LogP contribution in [-0.4, -0.2) is 136 Å². The third-order valence-electron chi connectivity index (χ3n) is 16.4. The van der Waals surface area contributed by atoms with E-state index in [9.17, 15) is 32.8 Å². The molecular weight excluding hydrogens is 1020 g/mol. The second kappa shape index (κ2) is 18.5. The minimum absolute atomic E-state index is 0.00716. The van der Waals surface area contributed by atoms with Crippen molar-refractivity contribution in [3.05, 3.63) is 70.8 Å². The van der Waals surface area contributed by atoms with Gasteiger partial charge in [-0.2, -0.15) is 25.1 Å². The van der Waals surface area contributed by atoms with Gasteiger partial charge in [0.15, 0.2) is 23.9 Å². The largest absolute Gasteiger partial charge is 0.522 e. The number of anilines is 4. The number of halogens is 5. The molecule has 28 heteroatoms. The van der Waals surface area contributed by atoms with Gasteiger partial charge < -0.3 is 35.1 Å². The van der Waals surface area contributed by atoms with E-state index >= 15 is 8.78 Å². The van der Waals surface area contributed by atoms with Gasteiger partial charge in [-0.1, -0.05) is 0 Å². The van der Waals surface area contributed by atoms with Crippen LogP contribution in [0.5, 0.6) is 0 Å². The Morgan fingerprint density at radius 3 is 2.29 bits per heavy atom. The van der Waals surface area contributed by atoms with Crippen molar-refractivity contribution < 1.29 is 60.0 Å². The summed E-state index contributed by atoms with van der Waals surface area (Å²) in [6, 6.07) is 8.18. The Bertz CT molecular complexity index is 3330.